The molecule has 0 spiro atoms. The van der Waals surface area contributed by atoms with E-state index in [1.165, 1.54) is 12.1 Å². The van der Waals surface area contributed by atoms with Crippen LogP contribution >= 0.6 is 23.2 Å². The zero-order valence-electron chi connectivity index (χ0n) is 22.7. The van der Waals surface area contributed by atoms with Gasteiger partial charge in [0.2, 0.25) is 15.9 Å². The summed E-state index contributed by atoms with van der Waals surface area (Å²) in [6, 6.07) is 8.95. The predicted molar refractivity (Wildman–Crippen MR) is 157 cm³/mol. The minimum absolute atomic E-state index is 0.160. The maximum absolute atomic E-state index is 12.9. The van der Waals surface area contributed by atoms with E-state index in [1.807, 2.05) is 0 Å². The Morgan fingerprint density at radius 3 is 2.59 bits per heavy atom. The number of benzene rings is 2. The number of unbranched alkanes of at least 4 members (excludes halogenated alkanes) is 2. The summed E-state index contributed by atoms with van der Waals surface area (Å²) in [5.74, 6) is 0.301. The van der Waals surface area contributed by atoms with Gasteiger partial charge < -0.3 is 10.2 Å². The van der Waals surface area contributed by atoms with Crippen molar-refractivity contribution in [2.75, 3.05) is 32.7 Å². The van der Waals surface area contributed by atoms with E-state index >= 15 is 0 Å². The summed E-state index contributed by atoms with van der Waals surface area (Å²) in [4.78, 5) is 14.1. The standard InChI is InChI=1S/C29H36Cl2F3N3O3S/c30-26-13-11-22(19-27(26)31)12-14-28(38)35-15-2-1-3-17-37-18-6-8-23(21-37)7-5-16-36-41(39,40)25-10-4-9-24(20-25)29(32,33)34/h4,9-14,19-20,23,36H,1-3,5-8,15-18,21H2,(H,35,38). The predicted octanol–water partition coefficient (Wildman–Crippen LogP) is 6.78. The molecule has 1 fully saturated rings. The zero-order chi connectivity index (χ0) is 29.9. The number of nitrogens with one attached hydrogen (secondary N) is 2. The van der Waals surface area contributed by atoms with Gasteiger partial charge in [0.1, 0.15) is 0 Å². The van der Waals surface area contributed by atoms with Crippen molar-refractivity contribution in [3.63, 3.8) is 0 Å². The maximum Gasteiger partial charge on any atom is 0.416 e. The summed E-state index contributed by atoms with van der Waals surface area (Å²) in [5.41, 5.74) is -0.188. The summed E-state index contributed by atoms with van der Waals surface area (Å²) >= 11 is 11.9. The quantitative estimate of drug-likeness (QED) is 0.177. The molecule has 0 bridgehead atoms. The van der Waals surface area contributed by atoms with Crippen molar-refractivity contribution in [1.29, 1.82) is 0 Å². The molecule has 0 saturated carbocycles. The molecule has 1 atom stereocenters. The van der Waals surface area contributed by atoms with Crippen LogP contribution in [-0.2, 0) is 21.0 Å². The summed E-state index contributed by atoms with van der Waals surface area (Å²) in [6.45, 7) is 3.75. The number of amides is 1. The molecule has 0 radical (unpaired) electrons. The lowest BCUT2D eigenvalue weighted by Gasteiger charge is -2.32. The van der Waals surface area contributed by atoms with E-state index in [0.29, 0.717) is 35.0 Å². The van der Waals surface area contributed by atoms with E-state index < -0.39 is 21.8 Å². The van der Waals surface area contributed by atoms with Gasteiger partial charge in [-0.15, -0.1) is 0 Å². The monoisotopic (exact) mass is 633 g/mol. The first-order chi connectivity index (χ1) is 19.4. The second-order valence-electron chi connectivity index (χ2n) is 10.2. The largest absolute Gasteiger partial charge is 0.416 e. The van der Waals surface area contributed by atoms with Crippen LogP contribution in [0.5, 0.6) is 0 Å². The molecule has 1 unspecified atom stereocenters. The lowest BCUT2D eigenvalue weighted by molar-refractivity contribution is -0.137. The Balaban J connectivity index is 1.27. The molecule has 2 aromatic rings. The van der Waals surface area contributed by atoms with Crippen molar-refractivity contribution >= 4 is 45.2 Å². The number of piperidine rings is 1. The summed E-state index contributed by atoms with van der Waals surface area (Å²) in [7, 11) is -4.00. The van der Waals surface area contributed by atoms with Crippen molar-refractivity contribution in [2.45, 2.75) is 56.0 Å². The molecule has 6 nitrogen and oxygen atoms in total. The van der Waals surface area contributed by atoms with Gasteiger partial charge in [0.15, 0.2) is 0 Å². The van der Waals surface area contributed by atoms with Crippen molar-refractivity contribution in [1.82, 2.24) is 14.9 Å². The highest BCUT2D eigenvalue weighted by Gasteiger charge is 2.31. The van der Waals surface area contributed by atoms with Crippen LogP contribution in [0, 0.1) is 5.92 Å². The number of carbonyl (C=O) groups excluding carboxylic acids is 1. The third kappa shape index (κ3) is 11.6. The van der Waals surface area contributed by atoms with Gasteiger partial charge in [0.25, 0.3) is 0 Å². The topological polar surface area (TPSA) is 78.5 Å². The Labute approximate surface area is 250 Å². The fourth-order valence-electron chi connectivity index (χ4n) is 4.81. The average molecular weight is 635 g/mol. The number of carbonyl (C=O) groups is 1. The van der Waals surface area contributed by atoms with E-state index in [-0.39, 0.29) is 17.3 Å². The minimum atomic E-state index is -4.60. The molecule has 1 amide bonds. The van der Waals surface area contributed by atoms with E-state index in [4.69, 9.17) is 23.2 Å². The second kappa shape index (κ2) is 15.9. The van der Waals surface area contributed by atoms with Gasteiger partial charge in [0.05, 0.1) is 20.5 Å². The van der Waals surface area contributed by atoms with E-state index in [2.05, 4.69) is 14.9 Å². The number of likely N-dealkylation sites (tertiary alicyclic amines) is 1. The Morgan fingerprint density at radius 2 is 1.83 bits per heavy atom. The summed E-state index contributed by atoms with van der Waals surface area (Å²) in [5, 5.41) is 3.79. The molecule has 3 rings (SSSR count). The number of sulfonamides is 1. The molecule has 1 aliphatic heterocycles. The van der Waals surface area contributed by atoms with Crippen molar-refractivity contribution in [3.8, 4) is 0 Å². The maximum atomic E-state index is 12.9. The number of hydrogen-bond donors (Lipinski definition) is 2. The molecule has 1 aliphatic rings. The lowest BCUT2D eigenvalue weighted by atomic mass is 9.93. The van der Waals surface area contributed by atoms with Crippen LogP contribution in [0.25, 0.3) is 6.08 Å². The molecule has 12 heteroatoms. The van der Waals surface area contributed by atoms with Crippen molar-refractivity contribution < 1.29 is 26.4 Å². The van der Waals surface area contributed by atoms with Gasteiger partial charge in [0, 0.05) is 25.7 Å². The molecule has 1 saturated heterocycles. The average Bonchev–Trinajstić information content (AvgIpc) is 2.93. The fourth-order valence-corrected chi connectivity index (χ4v) is 6.23. The molecule has 2 N–H and O–H groups in total. The Bertz CT molecular complexity index is 1290. The molecule has 0 aromatic heterocycles. The first-order valence-corrected chi connectivity index (χ1v) is 16.0. The molecule has 2 aromatic carbocycles. The smallest absolute Gasteiger partial charge is 0.353 e. The summed E-state index contributed by atoms with van der Waals surface area (Å²) < 4.78 is 66.0. The molecular weight excluding hydrogens is 598 g/mol. The van der Waals surface area contributed by atoms with Crippen LogP contribution in [0.3, 0.4) is 0 Å². The number of nitrogens with zero attached hydrogens (tertiary/aromatic N) is 1. The minimum Gasteiger partial charge on any atom is -0.353 e. The van der Waals surface area contributed by atoms with Gasteiger partial charge in [-0.3, -0.25) is 4.79 Å². The lowest BCUT2D eigenvalue weighted by Crippen LogP contribution is -2.36. The number of halogens is 5. The Morgan fingerprint density at radius 1 is 1.02 bits per heavy atom. The number of rotatable bonds is 14. The van der Waals surface area contributed by atoms with E-state index in [1.54, 1.807) is 24.3 Å². The molecule has 41 heavy (non-hydrogen) atoms. The van der Waals surface area contributed by atoms with Crippen LogP contribution in [0.15, 0.2) is 53.4 Å². The normalized spacial score (nSPS) is 16.8. The zero-order valence-corrected chi connectivity index (χ0v) is 25.1. The highest BCUT2D eigenvalue weighted by Crippen LogP contribution is 2.30. The molecule has 226 valence electrons. The van der Waals surface area contributed by atoms with Gasteiger partial charge in [-0.1, -0.05) is 41.8 Å². The van der Waals surface area contributed by atoms with Gasteiger partial charge in [-0.2, -0.15) is 13.2 Å². The molecular formula is C29H36Cl2F3N3O3S. The van der Waals surface area contributed by atoms with E-state index in [0.717, 1.165) is 75.9 Å². The number of hydrogen-bond acceptors (Lipinski definition) is 4. The number of alkyl halides is 3. The first kappa shape index (κ1) is 33.4. The van der Waals surface area contributed by atoms with Crippen LogP contribution < -0.4 is 10.0 Å². The molecule has 1 heterocycles. The second-order valence-corrected chi connectivity index (χ2v) is 12.8. The Hall–Kier alpha value is -2.11. The third-order valence-corrected chi connectivity index (χ3v) is 9.17. The van der Waals surface area contributed by atoms with E-state index in [9.17, 15) is 26.4 Å². The van der Waals surface area contributed by atoms with Gasteiger partial charge in [-0.25, -0.2) is 13.1 Å². The highest BCUT2D eigenvalue weighted by molar-refractivity contribution is 7.89. The van der Waals surface area contributed by atoms with Crippen LogP contribution in [-0.4, -0.2) is 51.9 Å². The van der Waals surface area contributed by atoms with Crippen molar-refractivity contribution in [2.24, 2.45) is 5.92 Å². The fraction of sp³-hybridized carbons (Fsp3) is 0.483. The first-order valence-electron chi connectivity index (χ1n) is 13.7. The third-order valence-electron chi connectivity index (χ3n) is 6.98. The van der Waals surface area contributed by atoms with Crippen molar-refractivity contribution in [3.05, 3.63) is 69.7 Å². The Kier molecular flexibility index (Phi) is 13.0. The molecule has 0 aliphatic carbocycles. The van der Waals surface area contributed by atoms with Crippen LogP contribution in [0.4, 0.5) is 13.2 Å². The highest BCUT2D eigenvalue weighted by atomic mass is 35.5. The van der Waals surface area contributed by atoms with Crippen LogP contribution in [0.1, 0.15) is 56.1 Å². The van der Waals surface area contributed by atoms with Crippen LogP contribution in [0.2, 0.25) is 10.0 Å². The van der Waals surface area contributed by atoms with Gasteiger partial charge in [-0.05, 0) is 99.5 Å². The SMILES string of the molecule is O=C(C=Cc1ccc(Cl)c(Cl)c1)NCCCCCN1CCCC(CCCNS(=O)(=O)c2cccc(C(F)(F)F)c2)C1. The van der Waals surface area contributed by atoms with Gasteiger partial charge >= 0.3 is 6.18 Å². The summed E-state index contributed by atoms with van der Waals surface area (Å²) in [6.07, 6.45) is 5.11.